The standard InChI is InChI=1S/C18H20N2/c1-2-7-16-13(4-1)8-9-17(16)20-12-15-6-3-5-14-10-11-19-18(14)15/h1-7,17,19-20H,8-12H2. The second-order valence-electron chi connectivity index (χ2n) is 5.80. The maximum atomic E-state index is 3.74. The fraction of sp³-hybridized carbons (Fsp3) is 0.333. The van der Waals surface area contributed by atoms with Crippen LogP contribution in [-0.2, 0) is 19.4 Å². The van der Waals surface area contributed by atoms with Gasteiger partial charge in [0.1, 0.15) is 0 Å². The van der Waals surface area contributed by atoms with Gasteiger partial charge in [-0.05, 0) is 41.5 Å². The summed E-state index contributed by atoms with van der Waals surface area (Å²) in [6.45, 7) is 2.04. The molecule has 1 aliphatic carbocycles. The third kappa shape index (κ3) is 2.01. The van der Waals surface area contributed by atoms with Crippen molar-refractivity contribution >= 4 is 5.69 Å². The van der Waals surface area contributed by atoms with Crippen LogP contribution in [0.3, 0.4) is 0 Å². The molecule has 1 heterocycles. The molecule has 2 aromatic rings. The maximum absolute atomic E-state index is 3.74. The molecular weight excluding hydrogens is 244 g/mol. The number of nitrogens with one attached hydrogen (secondary N) is 2. The van der Waals surface area contributed by atoms with Gasteiger partial charge in [0.05, 0.1) is 0 Å². The third-order valence-electron chi connectivity index (χ3n) is 4.60. The van der Waals surface area contributed by atoms with Gasteiger partial charge in [0.25, 0.3) is 0 Å². The number of hydrogen-bond donors (Lipinski definition) is 2. The molecule has 2 heteroatoms. The molecule has 0 fully saturated rings. The first kappa shape index (κ1) is 12.0. The van der Waals surface area contributed by atoms with Crippen molar-refractivity contribution in [3.63, 3.8) is 0 Å². The number of aryl methyl sites for hydroxylation is 1. The molecule has 0 amide bonds. The average Bonchev–Trinajstić information content (AvgIpc) is 3.12. The molecule has 102 valence electrons. The lowest BCUT2D eigenvalue weighted by atomic mass is 10.1. The van der Waals surface area contributed by atoms with Crippen LogP contribution in [0.4, 0.5) is 5.69 Å². The zero-order valence-electron chi connectivity index (χ0n) is 11.7. The Hall–Kier alpha value is -1.80. The molecule has 0 spiro atoms. The summed E-state index contributed by atoms with van der Waals surface area (Å²) in [4.78, 5) is 0. The summed E-state index contributed by atoms with van der Waals surface area (Å²) in [6, 6.07) is 16.0. The summed E-state index contributed by atoms with van der Waals surface area (Å²) < 4.78 is 0. The highest BCUT2D eigenvalue weighted by atomic mass is 14.9. The van der Waals surface area contributed by atoms with Crippen molar-refractivity contribution in [2.45, 2.75) is 31.8 Å². The van der Waals surface area contributed by atoms with E-state index in [1.165, 1.54) is 40.8 Å². The minimum Gasteiger partial charge on any atom is -0.384 e. The van der Waals surface area contributed by atoms with Crippen LogP contribution in [-0.4, -0.2) is 6.54 Å². The van der Waals surface area contributed by atoms with E-state index in [0.29, 0.717) is 6.04 Å². The van der Waals surface area contributed by atoms with E-state index >= 15 is 0 Å². The van der Waals surface area contributed by atoms with Crippen molar-refractivity contribution < 1.29 is 0 Å². The monoisotopic (exact) mass is 264 g/mol. The van der Waals surface area contributed by atoms with E-state index < -0.39 is 0 Å². The molecule has 1 atom stereocenters. The number of benzene rings is 2. The van der Waals surface area contributed by atoms with Gasteiger partial charge < -0.3 is 10.6 Å². The molecule has 2 aromatic carbocycles. The van der Waals surface area contributed by atoms with Gasteiger partial charge in [-0.2, -0.15) is 0 Å². The number of fused-ring (bicyclic) bond motifs is 2. The lowest BCUT2D eigenvalue weighted by Gasteiger charge is -2.16. The van der Waals surface area contributed by atoms with Gasteiger partial charge in [-0.15, -0.1) is 0 Å². The molecular formula is C18H20N2. The van der Waals surface area contributed by atoms with Crippen LogP contribution in [0.1, 0.15) is 34.7 Å². The Kier molecular flexibility index (Phi) is 2.96. The van der Waals surface area contributed by atoms with E-state index in [9.17, 15) is 0 Å². The van der Waals surface area contributed by atoms with Crippen LogP contribution in [0.25, 0.3) is 0 Å². The van der Waals surface area contributed by atoms with Crippen molar-refractivity contribution in [3.8, 4) is 0 Å². The van der Waals surface area contributed by atoms with Gasteiger partial charge >= 0.3 is 0 Å². The topological polar surface area (TPSA) is 24.1 Å². The van der Waals surface area contributed by atoms with E-state index in [1.807, 2.05) is 0 Å². The van der Waals surface area contributed by atoms with Gasteiger partial charge in [0.2, 0.25) is 0 Å². The molecule has 20 heavy (non-hydrogen) atoms. The lowest BCUT2D eigenvalue weighted by molar-refractivity contribution is 0.531. The first-order chi connectivity index (χ1) is 9.92. The number of anilines is 1. The zero-order valence-corrected chi connectivity index (χ0v) is 11.7. The molecule has 2 aliphatic rings. The molecule has 2 N–H and O–H groups in total. The second-order valence-corrected chi connectivity index (χ2v) is 5.80. The van der Waals surface area contributed by atoms with E-state index in [4.69, 9.17) is 0 Å². The minimum atomic E-state index is 0.517. The zero-order chi connectivity index (χ0) is 13.4. The Labute approximate surface area is 120 Å². The summed E-state index contributed by atoms with van der Waals surface area (Å²) in [5, 5.41) is 7.27. The Morgan fingerprint density at radius 2 is 1.90 bits per heavy atom. The molecule has 2 nitrogen and oxygen atoms in total. The summed E-state index contributed by atoms with van der Waals surface area (Å²) >= 11 is 0. The van der Waals surface area contributed by atoms with E-state index in [0.717, 1.165) is 19.5 Å². The first-order valence-corrected chi connectivity index (χ1v) is 7.57. The van der Waals surface area contributed by atoms with Crippen LogP contribution in [0.5, 0.6) is 0 Å². The Morgan fingerprint density at radius 3 is 2.90 bits per heavy atom. The van der Waals surface area contributed by atoms with Crippen LogP contribution >= 0.6 is 0 Å². The van der Waals surface area contributed by atoms with Crippen molar-refractivity contribution in [2.24, 2.45) is 0 Å². The average molecular weight is 264 g/mol. The molecule has 0 saturated carbocycles. The summed E-state index contributed by atoms with van der Waals surface area (Å²) in [6.07, 6.45) is 3.59. The summed E-state index contributed by atoms with van der Waals surface area (Å²) in [5.41, 5.74) is 7.25. The van der Waals surface area contributed by atoms with E-state index in [1.54, 1.807) is 0 Å². The van der Waals surface area contributed by atoms with Crippen molar-refractivity contribution in [1.82, 2.24) is 5.32 Å². The molecule has 0 bridgehead atoms. The Balaban J connectivity index is 1.51. The number of hydrogen-bond acceptors (Lipinski definition) is 2. The molecule has 0 aromatic heterocycles. The van der Waals surface area contributed by atoms with Crippen LogP contribution in [0.15, 0.2) is 42.5 Å². The molecule has 1 aliphatic heterocycles. The molecule has 0 radical (unpaired) electrons. The molecule has 4 rings (SSSR count). The van der Waals surface area contributed by atoms with E-state index in [-0.39, 0.29) is 0 Å². The van der Waals surface area contributed by atoms with Crippen LogP contribution in [0.2, 0.25) is 0 Å². The third-order valence-corrected chi connectivity index (χ3v) is 4.60. The highest BCUT2D eigenvalue weighted by molar-refractivity contribution is 5.61. The van der Waals surface area contributed by atoms with Crippen molar-refractivity contribution in [3.05, 3.63) is 64.7 Å². The number of rotatable bonds is 3. The lowest BCUT2D eigenvalue weighted by Crippen LogP contribution is -2.19. The largest absolute Gasteiger partial charge is 0.384 e. The van der Waals surface area contributed by atoms with E-state index in [2.05, 4.69) is 53.1 Å². The molecule has 0 saturated heterocycles. The summed E-state index contributed by atoms with van der Waals surface area (Å²) in [7, 11) is 0. The maximum Gasteiger partial charge on any atom is 0.0419 e. The van der Waals surface area contributed by atoms with Gasteiger partial charge in [0.15, 0.2) is 0 Å². The Bertz CT molecular complexity index is 633. The minimum absolute atomic E-state index is 0.517. The van der Waals surface area contributed by atoms with Gasteiger partial charge in [0, 0.05) is 24.8 Å². The second kappa shape index (κ2) is 4.95. The highest BCUT2D eigenvalue weighted by Crippen LogP contribution is 2.32. The van der Waals surface area contributed by atoms with Gasteiger partial charge in [-0.3, -0.25) is 0 Å². The van der Waals surface area contributed by atoms with Crippen molar-refractivity contribution in [1.29, 1.82) is 0 Å². The normalized spacial score (nSPS) is 19.5. The SMILES string of the molecule is c1ccc2c(c1)CCC2NCc1cccc2c1NCC2. The fourth-order valence-electron chi connectivity index (χ4n) is 3.56. The highest BCUT2D eigenvalue weighted by Gasteiger charge is 2.22. The predicted octanol–water partition coefficient (Wildman–Crippen LogP) is 3.43. The van der Waals surface area contributed by atoms with Crippen molar-refractivity contribution in [2.75, 3.05) is 11.9 Å². The Morgan fingerprint density at radius 1 is 1.00 bits per heavy atom. The van der Waals surface area contributed by atoms with Crippen LogP contribution in [0, 0.1) is 0 Å². The number of para-hydroxylation sites is 1. The summed E-state index contributed by atoms with van der Waals surface area (Å²) in [5.74, 6) is 0. The van der Waals surface area contributed by atoms with Crippen LogP contribution < -0.4 is 10.6 Å². The molecule has 1 unspecified atom stereocenters. The van der Waals surface area contributed by atoms with Gasteiger partial charge in [-0.1, -0.05) is 42.5 Å². The smallest absolute Gasteiger partial charge is 0.0419 e. The predicted molar refractivity (Wildman–Crippen MR) is 83.0 cm³/mol. The quantitative estimate of drug-likeness (QED) is 0.887. The van der Waals surface area contributed by atoms with Gasteiger partial charge in [-0.25, -0.2) is 0 Å². The first-order valence-electron chi connectivity index (χ1n) is 7.57. The fourth-order valence-corrected chi connectivity index (χ4v) is 3.56.